The molecule has 0 saturated heterocycles. The molecule has 0 aliphatic carbocycles. The van der Waals surface area contributed by atoms with Crippen LogP contribution >= 0.6 is 0 Å². The van der Waals surface area contributed by atoms with Crippen LogP contribution in [0.5, 0.6) is 5.75 Å². The number of nitrogens with zero attached hydrogens (tertiary/aromatic N) is 2. The Kier molecular flexibility index (Phi) is 11.6. The van der Waals surface area contributed by atoms with Crippen molar-refractivity contribution >= 4 is 27.5 Å². The molecular weight excluding hydrogens is 526 g/mol. The minimum Gasteiger partial charge on any atom is -0.489 e. The number of anilines is 1. The zero-order valence-corrected chi connectivity index (χ0v) is 24.3. The van der Waals surface area contributed by atoms with Gasteiger partial charge >= 0.3 is 0 Å². The van der Waals surface area contributed by atoms with Crippen molar-refractivity contribution in [2.75, 3.05) is 23.7 Å². The van der Waals surface area contributed by atoms with Crippen LogP contribution in [0, 0.1) is 0 Å². The average molecular weight is 566 g/mol. The molecule has 0 radical (unpaired) electrons. The molecule has 0 heterocycles. The Labute approximate surface area is 238 Å². The summed E-state index contributed by atoms with van der Waals surface area (Å²) in [5.74, 6) is -0.130. The molecule has 40 heavy (non-hydrogen) atoms. The van der Waals surface area contributed by atoms with Gasteiger partial charge in [0.1, 0.15) is 24.9 Å². The lowest BCUT2D eigenvalue weighted by molar-refractivity contribution is -0.140. The second-order valence-electron chi connectivity index (χ2n) is 9.61. The number of carbonyl (C=O) groups is 2. The van der Waals surface area contributed by atoms with Gasteiger partial charge in [-0.1, -0.05) is 80.9 Å². The maximum absolute atomic E-state index is 13.8. The molecule has 1 atom stereocenters. The lowest BCUT2D eigenvalue weighted by Crippen LogP contribution is -2.52. The Morgan fingerprint density at radius 2 is 1.48 bits per heavy atom. The Morgan fingerprint density at radius 3 is 2.02 bits per heavy atom. The largest absolute Gasteiger partial charge is 0.489 e. The molecule has 8 nitrogen and oxygen atoms in total. The Morgan fingerprint density at radius 1 is 0.875 bits per heavy atom. The van der Waals surface area contributed by atoms with Gasteiger partial charge < -0.3 is 15.0 Å². The van der Waals surface area contributed by atoms with E-state index in [0.717, 1.165) is 34.5 Å². The summed E-state index contributed by atoms with van der Waals surface area (Å²) >= 11 is 0. The number of rotatable bonds is 15. The number of amides is 2. The van der Waals surface area contributed by atoms with Crippen molar-refractivity contribution in [1.29, 1.82) is 0 Å². The van der Waals surface area contributed by atoms with Gasteiger partial charge in [0.05, 0.1) is 11.9 Å². The Bertz CT molecular complexity index is 1320. The van der Waals surface area contributed by atoms with Crippen LogP contribution < -0.4 is 14.4 Å². The highest BCUT2D eigenvalue weighted by atomic mass is 32.2. The molecule has 2 amide bonds. The van der Waals surface area contributed by atoms with Crippen LogP contribution in [0.25, 0.3) is 0 Å². The second kappa shape index (κ2) is 15.1. The normalized spacial score (nSPS) is 11.9. The summed E-state index contributed by atoms with van der Waals surface area (Å²) in [5.41, 5.74) is 2.20. The van der Waals surface area contributed by atoms with Gasteiger partial charge in [-0.25, -0.2) is 8.42 Å². The molecule has 3 aromatic rings. The number of sulfonamides is 1. The SMILES string of the molecule is CCCCNC(=O)C(CC)N(Cc1ccccc1)C(=O)CN(c1ccc(OCc2ccccc2)cc1)S(C)(=O)=O. The first kappa shape index (κ1) is 30.7. The third-order valence-corrected chi connectivity index (χ3v) is 7.60. The van der Waals surface area contributed by atoms with Gasteiger partial charge in [0, 0.05) is 13.1 Å². The number of hydrogen-bond donors (Lipinski definition) is 1. The highest BCUT2D eigenvalue weighted by Crippen LogP contribution is 2.23. The van der Waals surface area contributed by atoms with E-state index in [0.29, 0.717) is 31.0 Å². The third-order valence-electron chi connectivity index (χ3n) is 6.46. The molecular formula is C31H39N3O5S. The van der Waals surface area contributed by atoms with Gasteiger partial charge in [0.15, 0.2) is 0 Å². The Hall–Kier alpha value is -3.85. The molecule has 0 fully saturated rings. The van der Waals surface area contributed by atoms with Gasteiger partial charge in [-0.3, -0.25) is 13.9 Å². The van der Waals surface area contributed by atoms with Crippen LogP contribution in [0.2, 0.25) is 0 Å². The van der Waals surface area contributed by atoms with E-state index >= 15 is 0 Å². The van der Waals surface area contributed by atoms with Crippen molar-refractivity contribution < 1.29 is 22.7 Å². The summed E-state index contributed by atoms with van der Waals surface area (Å²) in [5, 5.41) is 2.92. The average Bonchev–Trinajstić information content (AvgIpc) is 2.95. The summed E-state index contributed by atoms with van der Waals surface area (Å²) in [6.45, 7) is 4.53. The summed E-state index contributed by atoms with van der Waals surface area (Å²) in [6, 6.07) is 24.9. The molecule has 0 aliphatic rings. The number of carbonyl (C=O) groups excluding carboxylic acids is 2. The number of benzene rings is 3. The van der Waals surface area contributed by atoms with E-state index in [-0.39, 0.29) is 12.5 Å². The molecule has 0 bridgehead atoms. The molecule has 3 rings (SSSR count). The van der Waals surface area contributed by atoms with Crippen LogP contribution in [-0.4, -0.2) is 50.5 Å². The molecule has 3 aromatic carbocycles. The van der Waals surface area contributed by atoms with Crippen LogP contribution in [0.1, 0.15) is 44.2 Å². The predicted octanol–water partition coefficient (Wildman–Crippen LogP) is 4.76. The van der Waals surface area contributed by atoms with Crippen molar-refractivity contribution in [2.45, 2.75) is 52.3 Å². The molecule has 1 unspecified atom stereocenters. The predicted molar refractivity (Wildman–Crippen MR) is 158 cm³/mol. The molecule has 0 aromatic heterocycles. The quantitative estimate of drug-likeness (QED) is 0.268. The minimum atomic E-state index is -3.81. The van der Waals surface area contributed by atoms with Crippen LogP contribution in [0.4, 0.5) is 5.69 Å². The fraction of sp³-hybridized carbons (Fsp3) is 0.355. The first-order chi connectivity index (χ1) is 19.2. The summed E-state index contributed by atoms with van der Waals surface area (Å²) in [4.78, 5) is 28.3. The number of ether oxygens (including phenoxy) is 1. The molecule has 1 N–H and O–H groups in total. The maximum atomic E-state index is 13.8. The van der Waals surface area contributed by atoms with Crippen molar-refractivity contribution in [3.8, 4) is 5.75 Å². The van der Waals surface area contributed by atoms with Gasteiger partial charge in [-0.2, -0.15) is 0 Å². The van der Waals surface area contributed by atoms with Crippen molar-refractivity contribution in [1.82, 2.24) is 10.2 Å². The van der Waals surface area contributed by atoms with E-state index in [4.69, 9.17) is 4.74 Å². The highest BCUT2D eigenvalue weighted by Gasteiger charge is 2.31. The van der Waals surface area contributed by atoms with E-state index in [1.807, 2.05) is 74.5 Å². The van der Waals surface area contributed by atoms with Gasteiger partial charge in [0.25, 0.3) is 0 Å². The van der Waals surface area contributed by atoms with Crippen LogP contribution in [0.15, 0.2) is 84.9 Å². The van der Waals surface area contributed by atoms with Crippen LogP contribution in [-0.2, 0) is 32.8 Å². The first-order valence-electron chi connectivity index (χ1n) is 13.6. The maximum Gasteiger partial charge on any atom is 0.244 e. The number of unbranched alkanes of at least 4 members (excludes halogenated alkanes) is 1. The molecule has 214 valence electrons. The molecule has 9 heteroatoms. The van der Waals surface area contributed by atoms with Crippen molar-refractivity contribution in [3.63, 3.8) is 0 Å². The fourth-order valence-electron chi connectivity index (χ4n) is 4.27. The van der Waals surface area contributed by atoms with Crippen molar-refractivity contribution in [2.24, 2.45) is 0 Å². The summed E-state index contributed by atoms with van der Waals surface area (Å²) in [7, 11) is -3.81. The first-order valence-corrected chi connectivity index (χ1v) is 15.4. The van der Waals surface area contributed by atoms with Gasteiger partial charge in [-0.15, -0.1) is 0 Å². The van der Waals surface area contributed by atoms with Gasteiger partial charge in [-0.05, 0) is 48.2 Å². The molecule has 0 aliphatic heterocycles. The molecule has 0 spiro atoms. The van der Waals surface area contributed by atoms with E-state index in [9.17, 15) is 18.0 Å². The van der Waals surface area contributed by atoms with E-state index in [1.54, 1.807) is 24.3 Å². The Balaban J connectivity index is 1.81. The highest BCUT2D eigenvalue weighted by molar-refractivity contribution is 7.92. The fourth-order valence-corrected chi connectivity index (χ4v) is 5.12. The smallest absolute Gasteiger partial charge is 0.244 e. The topological polar surface area (TPSA) is 96.0 Å². The zero-order valence-electron chi connectivity index (χ0n) is 23.5. The zero-order chi connectivity index (χ0) is 29.0. The van der Waals surface area contributed by atoms with E-state index in [2.05, 4.69) is 5.32 Å². The third kappa shape index (κ3) is 9.12. The monoisotopic (exact) mass is 565 g/mol. The van der Waals surface area contributed by atoms with Crippen LogP contribution in [0.3, 0.4) is 0 Å². The van der Waals surface area contributed by atoms with E-state index < -0.39 is 28.5 Å². The number of nitrogens with one attached hydrogen (secondary N) is 1. The van der Waals surface area contributed by atoms with Gasteiger partial charge in [0.2, 0.25) is 21.8 Å². The summed E-state index contributed by atoms with van der Waals surface area (Å²) in [6.07, 6.45) is 3.23. The van der Waals surface area contributed by atoms with Crippen molar-refractivity contribution in [3.05, 3.63) is 96.1 Å². The lowest BCUT2D eigenvalue weighted by Gasteiger charge is -2.33. The molecule has 0 saturated carbocycles. The number of hydrogen-bond acceptors (Lipinski definition) is 5. The standard InChI is InChI=1S/C31H39N3O5S/c1-4-6-21-32-31(36)29(5-2)33(22-25-13-9-7-10-14-25)30(35)23-34(40(3,37)38)27-17-19-28(20-18-27)39-24-26-15-11-8-12-16-26/h7-20,29H,4-6,21-24H2,1-3H3,(H,32,36). The summed E-state index contributed by atoms with van der Waals surface area (Å²) < 4.78 is 32.6. The second-order valence-corrected chi connectivity index (χ2v) is 11.5. The minimum absolute atomic E-state index is 0.184. The lowest BCUT2D eigenvalue weighted by atomic mass is 10.1. The van der Waals surface area contributed by atoms with E-state index in [1.165, 1.54) is 4.90 Å².